The van der Waals surface area contributed by atoms with Gasteiger partial charge in [-0.15, -0.1) is 0 Å². The molecule has 5 nitrogen and oxygen atoms in total. The number of hydrogen-bond acceptors (Lipinski definition) is 3. The first-order valence-electron chi connectivity index (χ1n) is 6.19. The average Bonchev–Trinajstić information content (AvgIpc) is 2.81. The van der Waals surface area contributed by atoms with Crippen molar-refractivity contribution in [2.45, 2.75) is 20.0 Å². The molecule has 0 bridgehead atoms. The van der Waals surface area contributed by atoms with Gasteiger partial charge in [-0.2, -0.15) is 5.10 Å². The Labute approximate surface area is 112 Å². The first-order chi connectivity index (χ1) is 9.20. The van der Waals surface area contributed by atoms with Gasteiger partial charge in [0.15, 0.2) is 0 Å². The molecule has 1 N–H and O–H groups in total. The number of carbonyl (C=O) groups excluding carboxylic acids is 1. The highest BCUT2D eigenvalue weighted by molar-refractivity contribution is 5.91. The molecule has 0 aliphatic heterocycles. The van der Waals surface area contributed by atoms with Crippen LogP contribution in [0.15, 0.2) is 36.4 Å². The number of aryl methyl sites for hydroxylation is 2. The van der Waals surface area contributed by atoms with E-state index < -0.39 is 0 Å². The minimum Gasteiger partial charge on any atom is -0.269 e. The number of benzene rings is 1. The molecule has 19 heavy (non-hydrogen) atoms. The molecule has 0 saturated carbocycles. The molecule has 0 radical (unpaired) electrons. The summed E-state index contributed by atoms with van der Waals surface area (Å²) in [5.41, 5.74) is 4.80. The van der Waals surface area contributed by atoms with E-state index >= 15 is 0 Å². The second-order valence-electron chi connectivity index (χ2n) is 4.20. The van der Waals surface area contributed by atoms with Crippen LogP contribution in [0, 0.1) is 0 Å². The van der Waals surface area contributed by atoms with Crippen LogP contribution >= 0.6 is 0 Å². The van der Waals surface area contributed by atoms with Crippen LogP contribution < -0.4 is 5.48 Å². The molecule has 1 amide bonds. The summed E-state index contributed by atoms with van der Waals surface area (Å²) in [5, 5.41) is 4.22. The van der Waals surface area contributed by atoms with Crippen LogP contribution in [0.4, 0.5) is 0 Å². The highest BCUT2D eigenvalue weighted by Gasteiger charge is 2.12. The van der Waals surface area contributed by atoms with Gasteiger partial charge in [0.25, 0.3) is 5.91 Å². The van der Waals surface area contributed by atoms with Crippen molar-refractivity contribution in [3.05, 3.63) is 53.3 Å². The van der Waals surface area contributed by atoms with E-state index in [0.29, 0.717) is 12.3 Å². The van der Waals surface area contributed by atoms with Crippen LogP contribution in [-0.2, 0) is 24.9 Å². The third-order valence-corrected chi connectivity index (χ3v) is 2.77. The maximum absolute atomic E-state index is 11.9. The predicted molar refractivity (Wildman–Crippen MR) is 71.3 cm³/mol. The number of carbonyl (C=O) groups is 1. The second kappa shape index (κ2) is 6.15. The number of hydrogen-bond donors (Lipinski definition) is 1. The number of rotatable bonds is 5. The fourth-order valence-corrected chi connectivity index (χ4v) is 1.72. The lowest BCUT2D eigenvalue weighted by molar-refractivity contribution is 0.0226. The molecule has 0 aliphatic rings. The SMILES string of the molecule is CCc1cc(C(=O)NOCc2ccccc2)n(C)n1. The first kappa shape index (κ1) is 13.3. The van der Waals surface area contributed by atoms with Crippen molar-refractivity contribution in [2.75, 3.05) is 0 Å². The average molecular weight is 259 g/mol. The fraction of sp³-hybridized carbons (Fsp3) is 0.286. The monoisotopic (exact) mass is 259 g/mol. The molecule has 2 aromatic rings. The van der Waals surface area contributed by atoms with Gasteiger partial charge in [-0.05, 0) is 18.1 Å². The molecule has 100 valence electrons. The Bertz CT molecular complexity index is 549. The molecule has 0 unspecified atom stereocenters. The van der Waals surface area contributed by atoms with Crippen LogP contribution in [-0.4, -0.2) is 15.7 Å². The number of nitrogens with zero attached hydrogens (tertiary/aromatic N) is 2. The normalized spacial score (nSPS) is 10.4. The molecule has 0 saturated heterocycles. The summed E-state index contributed by atoms with van der Waals surface area (Å²) in [6, 6.07) is 11.4. The molecule has 2 rings (SSSR count). The standard InChI is InChI=1S/C14H17N3O2/c1-3-12-9-13(17(2)15-12)14(18)16-19-10-11-7-5-4-6-8-11/h4-9H,3,10H2,1-2H3,(H,16,18). The van der Waals surface area contributed by atoms with Gasteiger partial charge < -0.3 is 0 Å². The minimum absolute atomic E-state index is 0.286. The van der Waals surface area contributed by atoms with E-state index in [1.54, 1.807) is 17.8 Å². The summed E-state index contributed by atoms with van der Waals surface area (Å²) in [5.74, 6) is -0.286. The number of hydroxylamine groups is 1. The third kappa shape index (κ3) is 3.42. The lowest BCUT2D eigenvalue weighted by Crippen LogP contribution is -2.25. The third-order valence-electron chi connectivity index (χ3n) is 2.77. The smallest absolute Gasteiger partial charge is 0.269 e. The Balaban J connectivity index is 1.89. The van der Waals surface area contributed by atoms with Gasteiger partial charge in [0.1, 0.15) is 5.69 Å². The van der Waals surface area contributed by atoms with E-state index in [1.807, 2.05) is 37.3 Å². The molecule has 0 fully saturated rings. The first-order valence-corrected chi connectivity index (χ1v) is 6.19. The van der Waals surface area contributed by atoms with Crippen LogP contribution in [0.25, 0.3) is 0 Å². The predicted octanol–water partition coefficient (Wildman–Crippen LogP) is 1.84. The summed E-state index contributed by atoms with van der Waals surface area (Å²) >= 11 is 0. The van der Waals surface area contributed by atoms with E-state index in [9.17, 15) is 4.79 Å². The summed E-state index contributed by atoms with van der Waals surface area (Å²) < 4.78 is 1.56. The highest BCUT2D eigenvalue weighted by Crippen LogP contribution is 2.04. The van der Waals surface area contributed by atoms with Gasteiger partial charge in [-0.3, -0.25) is 14.3 Å². The molecule has 0 atom stereocenters. The van der Waals surface area contributed by atoms with Crippen molar-refractivity contribution in [1.82, 2.24) is 15.3 Å². The van der Waals surface area contributed by atoms with E-state index in [2.05, 4.69) is 10.6 Å². The maximum Gasteiger partial charge on any atom is 0.293 e. The summed E-state index contributed by atoms with van der Waals surface area (Å²) in [6.45, 7) is 2.33. The van der Waals surface area contributed by atoms with E-state index in [0.717, 1.165) is 17.7 Å². The van der Waals surface area contributed by atoms with Crippen LogP contribution in [0.2, 0.25) is 0 Å². The summed E-state index contributed by atoms with van der Waals surface area (Å²) in [6.07, 6.45) is 0.798. The quantitative estimate of drug-likeness (QED) is 0.834. The van der Waals surface area contributed by atoms with Crippen molar-refractivity contribution >= 4 is 5.91 Å². The Morgan fingerprint density at radius 1 is 1.37 bits per heavy atom. The van der Waals surface area contributed by atoms with Crippen molar-refractivity contribution in [3.63, 3.8) is 0 Å². The number of aromatic nitrogens is 2. The maximum atomic E-state index is 11.9. The Morgan fingerprint density at radius 2 is 2.11 bits per heavy atom. The number of amides is 1. The molecule has 1 heterocycles. The van der Waals surface area contributed by atoms with Gasteiger partial charge in [-0.1, -0.05) is 37.3 Å². The van der Waals surface area contributed by atoms with Crippen molar-refractivity contribution < 1.29 is 9.63 Å². The summed E-state index contributed by atoms with van der Waals surface area (Å²) in [7, 11) is 1.74. The van der Waals surface area contributed by atoms with E-state index in [4.69, 9.17) is 4.84 Å². The zero-order chi connectivity index (χ0) is 13.7. The van der Waals surface area contributed by atoms with E-state index in [-0.39, 0.29) is 5.91 Å². The lowest BCUT2D eigenvalue weighted by Gasteiger charge is -2.05. The zero-order valence-electron chi connectivity index (χ0n) is 11.1. The van der Waals surface area contributed by atoms with Gasteiger partial charge >= 0.3 is 0 Å². The molecule has 1 aromatic heterocycles. The van der Waals surface area contributed by atoms with Gasteiger partial charge in [0.2, 0.25) is 0 Å². The largest absolute Gasteiger partial charge is 0.293 e. The second-order valence-corrected chi connectivity index (χ2v) is 4.20. The molecule has 0 spiro atoms. The fourth-order valence-electron chi connectivity index (χ4n) is 1.72. The lowest BCUT2D eigenvalue weighted by atomic mass is 10.2. The van der Waals surface area contributed by atoms with Gasteiger partial charge in [0, 0.05) is 7.05 Å². The summed E-state index contributed by atoms with van der Waals surface area (Å²) in [4.78, 5) is 17.1. The molecular weight excluding hydrogens is 242 g/mol. The van der Waals surface area contributed by atoms with Crippen LogP contribution in [0.1, 0.15) is 28.7 Å². The Hall–Kier alpha value is -2.14. The van der Waals surface area contributed by atoms with Crippen molar-refractivity contribution in [1.29, 1.82) is 0 Å². The number of nitrogens with one attached hydrogen (secondary N) is 1. The zero-order valence-corrected chi connectivity index (χ0v) is 11.1. The van der Waals surface area contributed by atoms with E-state index in [1.165, 1.54) is 0 Å². The van der Waals surface area contributed by atoms with Crippen molar-refractivity contribution in [3.8, 4) is 0 Å². The Kier molecular flexibility index (Phi) is 4.30. The molecular formula is C14H17N3O2. The molecule has 5 heteroatoms. The Morgan fingerprint density at radius 3 is 2.74 bits per heavy atom. The van der Waals surface area contributed by atoms with Crippen LogP contribution in [0.3, 0.4) is 0 Å². The highest BCUT2D eigenvalue weighted by atomic mass is 16.6. The van der Waals surface area contributed by atoms with Gasteiger partial charge in [-0.25, -0.2) is 5.48 Å². The molecule has 0 aliphatic carbocycles. The molecule has 1 aromatic carbocycles. The van der Waals surface area contributed by atoms with Gasteiger partial charge in [0.05, 0.1) is 12.3 Å². The topological polar surface area (TPSA) is 56.1 Å². The van der Waals surface area contributed by atoms with Crippen LogP contribution in [0.5, 0.6) is 0 Å². The van der Waals surface area contributed by atoms with Crippen molar-refractivity contribution in [2.24, 2.45) is 7.05 Å². The minimum atomic E-state index is -0.286.